The second-order valence-electron chi connectivity index (χ2n) is 5.82. The quantitative estimate of drug-likeness (QED) is 0.800. The highest BCUT2D eigenvalue weighted by Gasteiger charge is 2.40. The van der Waals surface area contributed by atoms with Crippen LogP contribution in [0.1, 0.15) is 27.2 Å². The van der Waals surface area contributed by atoms with Crippen molar-refractivity contribution in [2.45, 2.75) is 39.3 Å². The molecule has 3 unspecified atom stereocenters. The molecular formula is C13H22N2O3S. The van der Waals surface area contributed by atoms with Gasteiger partial charge in [-0.2, -0.15) is 0 Å². The van der Waals surface area contributed by atoms with E-state index >= 15 is 0 Å². The molecule has 0 radical (unpaired) electrons. The molecular weight excluding hydrogens is 264 g/mol. The maximum atomic E-state index is 12.6. The standard InChI is InChI=1S/C13H22N2O3S/c1-8-4-9(2)10(3)14(5-8)13(18)15-7-19-6-11(15)12(16)17/h8-11H,4-7H2,1-3H3,(H,16,17)/t8?,9?,10?,11-/m0/s1. The Bertz CT molecular complexity index is 377. The van der Waals surface area contributed by atoms with Crippen LogP contribution in [0.4, 0.5) is 4.79 Å². The van der Waals surface area contributed by atoms with Crippen LogP contribution in [0.15, 0.2) is 0 Å². The molecule has 5 nitrogen and oxygen atoms in total. The van der Waals surface area contributed by atoms with Crippen molar-refractivity contribution in [3.05, 3.63) is 0 Å². The lowest BCUT2D eigenvalue weighted by Gasteiger charge is -2.43. The predicted octanol–water partition coefficient (Wildman–Crippen LogP) is 1.93. The van der Waals surface area contributed by atoms with Crippen molar-refractivity contribution in [3.63, 3.8) is 0 Å². The lowest BCUT2D eigenvalue weighted by atomic mass is 9.86. The van der Waals surface area contributed by atoms with Crippen LogP contribution in [0.3, 0.4) is 0 Å². The van der Waals surface area contributed by atoms with E-state index in [0.717, 1.165) is 13.0 Å². The van der Waals surface area contributed by atoms with Crippen LogP contribution in [0.2, 0.25) is 0 Å². The highest BCUT2D eigenvalue weighted by molar-refractivity contribution is 7.99. The van der Waals surface area contributed by atoms with Gasteiger partial charge in [0.15, 0.2) is 0 Å². The summed E-state index contributed by atoms with van der Waals surface area (Å²) >= 11 is 1.51. The first kappa shape index (κ1) is 14.5. The van der Waals surface area contributed by atoms with E-state index in [9.17, 15) is 14.7 Å². The minimum atomic E-state index is -0.899. The zero-order valence-electron chi connectivity index (χ0n) is 11.7. The van der Waals surface area contributed by atoms with Crippen molar-refractivity contribution in [1.82, 2.24) is 9.80 Å². The van der Waals surface area contributed by atoms with Gasteiger partial charge in [0, 0.05) is 18.3 Å². The molecule has 0 aromatic carbocycles. The monoisotopic (exact) mass is 286 g/mol. The summed E-state index contributed by atoms with van der Waals surface area (Å²) in [5.41, 5.74) is 0. The molecule has 1 N–H and O–H groups in total. The van der Waals surface area contributed by atoms with Gasteiger partial charge in [0.05, 0.1) is 5.88 Å². The molecule has 2 aliphatic heterocycles. The Kier molecular flexibility index (Phi) is 4.28. The molecule has 108 valence electrons. The Hall–Kier alpha value is -0.910. The van der Waals surface area contributed by atoms with Crippen molar-refractivity contribution in [1.29, 1.82) is 0 Å². The molecule has 0 bridgehead atoms. The number of carbonyl (C=O) groups is 2. The molecule has 0 aromatic heterocycles. The topological polar surface area (TPSA) is 60.9 Å². The third-order valence-electron chi connectivity index (χ3n) is 4.26. The SMILES string of the molecule is CC1CC(C)C(C)N(C(=O)N2CSC[C@H]2C(=O)O)C1. The van der Waals surface area contributed by atoms with E-state index in [-0.39, 0.29) is 12.1 Å². The fraction of sp³-hybridized carbons (Fsp3) is 0.846. The molecule has 2 fully saturated rings. The number of carboxylic acid groups (broad SMARTS) is 1. The maximum Gasteiger partial charge on any atom is 0.327 e. The van der Waals surface area contributed by atoms with Gasteiger partial charge in [-0.15, -0.1) is 11.8 Å². The lowest BCUT2D eigenvalue weighted by Crippen LogP contribution is -2.56. The van der Waals surface area contributed by atoms with Crippen LogP contribution in [0, 0.1) is 11.8 Å². The summed E-state index contributed by atoms with van der Waals surface area (Å²) in [6, 6.07) is -0.593. The third-order valence-corrected chi connectivity index (χ3v) is 5.27. The highest BCUT2D eigenvalue weighted by Crippen LogP contribution is 2.30. The fourth-order valence-electron chi connectivity index (χ4n) is 2.97. The van der Waals surface area contributed by atoms with Crippen molar-refractivity contribution in [2.24, 2.45) is 11.8 Å². The van der Waals surface area contributed by atoms with Gasteiger partial charge in [-0.25, -0.2) is 9.59 Å². The summed E-state index contributed by atoms with van der Waals surface area (Å²) in [5.74, 6) is 1.03. The van der Waals surface area contributed by atoms with Gasteiger partial charge in [-0.3, -0.25) is 0 Å². The largest absolute Gasteiger partial charge is 0.480 e. The first-order valence-electron chi connectivity index (χ1n) is 6.79. The van der Waals surface area contributed by atoms with Crippen LogP contribution >= 0.6 is 11.8 Å². The molecule has 0 aromatic rings. The second-order valence-corrected chi connectivity index (χ2v) is 6.82. The number of urea groups is 1. The zero-order chi connectivity index (χ0) is 14.2. The summed E-state index contributed by atoms with van der Waals surface area (Å²) in [6.45, 7) is 7.11. The average molecular weight is 286 g/mol. The van der Waals surface area contributed by atoms with E-state index in [2.05, 4.69) is 20.8 Å². The van der Waals surface area contributed by atoms with E-state index in [0.29, 0.717) is 23.5 Å². The summed E-state index contributed by atoms with van der Waals surface area (Å²) < 4.78 is 0. The Morgan fingerprint density at radius 1 is 1.21 bits per heavy atom. The summed E-state index contributed by atoms with van der Waals surface area (Å²) in [4.78, 5) is 27.1. The Labute approximate surface area is 118 Å². The Morgan fingerprint density at radius 2 is 1.89 bits per heavy atom. The van der Waals surface area contributed by atoms with Crippen molar-refractivity contribution in [2.75, 3.05) is 18.2 Å². The Morgan fingerprint density at radius 3 is 2.53 bits per heavy atom. The van der Waals surface area contributed by atoms with Crippen LogP contribution < -0.4 is 0 Å². The Balaban J connectivity index is 2.11. The van der Waals surface area contributed by atoms with Crippen molar-refractivity contribution in [3.8, 4) is 0 Å². The lowest BCUT2D eigenvalue weighted by molar-refractivity contribution is -0.141. The number of thioether (sulfide) groups is 1. The van der Waals surface area contributed by atoms with Gasteiger partial charge in [0.2, 0.25) is 0 Å². The number of rotatable bonds is 1. The summed E-state index contributed by atoms with van der Waals surface area (Å²) in [7, 11) is 0. The summed E-state index contributed by atoms with van der Waals surface area (Å²) in [6.07, 6.45) is 1.13. The van der Waals surface area contributed by atoms with Gasteiger partial charge in [0.25, 0.3) is 0 Å². The number of aliphatic carboxylic acids is 1. The number of amides is 2. The number of piperidine rings is 1. The third kappa shape index (κ3) is 2.83. The van der Waals surface area contributed by atoms with Gasteiger partial charge < -0.3 is 14.9 Å². The first-order chi connectivity index (χ1) is 8.91. The minimum Gasteiger partial charge on any atom is -0.480 e. The smallest absolute Gasteiger partial charge is 0.327 e. The van der Waals surface area contributed by atoms with Gasteiger partial charge >= 0.3 is 12.0 Å². The number of nitrogens with zero attached hydrogens (tertiary/aromatic N) is 2. The van der Waals surface area contributed by atoms with Gasteiger partial charge in [-0.05, 0) is 25.2 Å². The predicted molar refractivity (Wildman–Crippen MR) is 75.1 cm³/mol. The second kappa shape index (κ2) is 5.61. The fourth-order valence-corrected chi connectivity index (χ4v) is 4.11. The first-order valence-corrected chi connectivity index (χ1v) is 7.95. The minimum absolute atomic E-state index is 0.108. The molecule has 2 saturated heterocycles. The highest BCUT2D eigenvalue weighted by atomic mass is 32.2. The van der Waals surface area contributed by atoms with E-state index in [1.807, 2.05) is 4.90 Å². The molecule has 0 spiro atoms. The zero-order valence-corrected chi connectivity index (χ0v) is 12.5. The van der Waals surface area contributed by atoms with Crippen molar-refractivity contribution < 1.29 is 14.7 Å². The summed E-state index contributed by atoms with van der Waals surface area (Å²) in [5, 5.41) is 9.18. The molecule has 2 amide bonds. The molecule has 6 heteroatoms. The van der Waals surface area contributed by atoms with Crippen LogP contribution in [-0.2, 0) is 4.79 Å². The van der Waals surface area contributed by atoms with E-state index < -0.39 is 12.0 Å². The van der Waals surface area contributed by atoms with Crippen LogP contribution in [0.5, 0.6) is 0 Å². The molecule has 4 atom stereocenters. The number of hydrogen-bond donors (Lipinski definition) is 1. The molecule has 19 heavy (non-hydrogen) atoms. The van der Waals surface area contributed by atoms with Gasteiger partial charge in [-0.1, -0.05) is 13.8 Å². The molecule has 0 saturated carbocycles. The number of carbonyl (C=O) groups excluding carboxylic acids is 1. The molecule has 2 rings (SSSR count). The molecule has 2 heterocycles. The van der Waals surface area contributed by atoms with E-state index in [4.69, 9.17) is 0 Å². The number of carboxylic acids is 1. The average Bonchev–Trinajstić information content (AvgIpc) is 2.82. The van der Waals surface area contributed by atoms with Crippen LogP contribution in [-0.4, -0.2) is 57.2 Å². The molecule has 0 aliphatic carbocycles. The van der Waals surface area contributed by atoms with Crippen molar-refractivity contribution >= 4 is 23.8 Å². The normalized spacial score (nSPS) is 35.5. The van der Waals surface area contributed by atoms with Crippen LogP contribution in [0.25, 0.3) is 0 Å². The number of hydrogen-bond acceptors (Lipinski definition) is 3. The maximum absolute atomic E-state index is 12.6. The molecule has 2 aliphatic rings. The number of likely N-dealkylation sites (tertiary alicyclic amines) is 1. The van der Waals surface area contributed by atoms with E-state index in [1.54, 1.807) is 0 Å². The van der Waals surface area contributed by atoms with Gasteiger partial charge in [0.1, 0.15) is 6.04 Å². The van der Waals surface area contributed by atoms with E-state index in [1.165, 1.54) is 16.7 Å².